The Labute approximate surface area is 195 Å². The van der Waals surface area contributed by atoms with Crippen molar-refractivity contribution in [1.82, 2.24) is 19.8 Å². The van der Waals surface area contributed by atoms with Crippen molar-refractivity contribution in [2.24, 2.45) is 5.92 Å². The SMILES string of the molecule is Cc1ccc(S(=O)(=O)N2CCC(C(=O)NCc3nc(-c4cccc(Br)c4)no3)CC2)cc1. The van der Waals surface area contributed by atoms with Gasteiger partial charge in [-0.15, -0.1) is 0 Å². The fourth-order valence-electron chi connectivity index (χ4n) is 3.60. The second-order valence-corrected chi connectivity index (χ2v) is 10.6. The van der Waals surface area contributed by atoms with Gasteiger partial charge in [-0.3, -0.25) is 4.79 Å². The van der Waals surface area contributed by atoms with Crippen molar-refractivity contribution in [2.75, 3.05) is 13.1 Å². The summed E-state index contributed by atoms with van der Waals surface area (Å²) in [6.45, 7) is 2.65. The molecule has 0 saturated carbocycles. The minimum Gasteiger partial charge on any atom is -0.347 e. The van der Waals surface area contributed by atoms with Crippen molar-refractivity contribution < 1.29 is 17.7 Å². The molecule has 1 aliphatic rings. The van der Waals surface area contributed by atoms with Crippen molar-refractivity contribution in [3.8, 4) is 11.4 Å². The van der Waals surface area contributed by atoms with E-state index in [9.17, 15) is 13.2 Å². The number of aryl methyl sites for hydroxylation is 1. The quantitative estimate of drug-likeness (QED) is 0.535. The Morgan fingerprint density at radius 3 is 2.59 bits per heavy atom. The number of carbonyl (C=O) groups is 1. The average molecular weight is 519 g/mol. The predicted molar refractivity (Wildman–Crippen MR) is 122 cm³/mol. The van der Waals surface area contributed by atoms with Crippen molar-refractivity contribution in [3.05, 3.63) is 64.5 Å². The number of amides is 1. The van der Waals surface area contributed by atoms with Crippen LogP contribution in [-0.2, 0) is 21.4 Å². The van der Waals surface area contributed by atoms with Crippen LogP contribution >= 0.6 is 15.9 Å². The monoisotopic (exact) mass is 518 g/mol. The van der Waals surface area contributed by atoms with Crippen molar-refractivity contribution in [3.63, 3.8) is 0 Å². The summed E-state index contributed by atoms with van der Waals surface area (Å²) in [6.07, 6.45) is 0.925. The van der Waals surface area contributed by atoms with Gasteiger partial charge >= 0.3 is 0 Å². The molecule has 10 heteroatoms. The number of rotatable bonds is 6. The summed E-state index contributed by atoms with van der Waals surface area (Å²) in [7, 11) is -3.54. The minimum absolute atomic E-state index is 0.127. The van der Waals surface area contributed by atoms with Crippen LogP contribution in [0, 0.1) is 12.8 Å². The van der Waals surface area contributed by atoms with Gasteiger partial charge in [-0.25, -0.2) is 8.42 Å². The molecule has 1 aliphatic heterocycles. The van der Waals surface area contributed by atoms with Crippen LogP contribution in [0.25, 0.3) is 11.4 Å². The standard InChI is InChI=1S/C22H23BrN4O4S/c1-15-5-7-19(8-6-15)32(29,30)27-11-9-16(10-12-27)22(28)24-14-20-25-21(26-31-20)17-3-2-4-18(23)13-17/h2-8,13,16H,9-12,14H2,1H3,(H,24,28). The topological polar surface area (TPSA) is 105 Å². The van der Waals surface area contributed by atoms with E-state index in [-0.39, 0.29) is 23.3 Å². The van der Waals surface area contributed by atoms with Gasteiger partial charge in [-0.2, -0.15) is 9.29 Å². The van der Waals surface area contributed by atoms with E-state index >= 15 is 0 Å². The van der Waals surface area contributed by atoms with Gasteiger partial charge in [0.05, 0.1) is 11.4 Å². The molecule has 0 aliphatic carbocycles. The zero-order valence-corrected chi connectivity index (χ0v) is 19.9. The average Bonchev–Trinajstić information content (AvgIpc) is 3.27. The first-order valence-corrected chi connectivity index (χ1v) is 12.5. The van der Waals surface area contributed by atoms with Gasteiger partial charge in [0.15, 0.2) is 0 Å². The van der Waals surface area contributed by atoms with Crippen LogP contribution in [0.3, 0.4) is 0 Å². The van der Waals surface area contributed by atoms with Crippen molar-refractivity contribution in [2.45, 2.75) is 31.2 Å². The molecule has 4 rings (SSSR count). The first-order chi connectivity index (χ1) is 15.3. The van der Waals surface area contributed by atoms with Crippen LogP contribution in [-0.4, -0.2) is 41.9 Å². The number of benzene rings is 2. The number of hydrogen-bond donors (Lipinski definition) is 1. The van der Waals surface area contributed by atoms with E-state index < -0.39 is 10.0 Å². The van der Waals surface area contributed by atoms with E-state index in [1.54, 1.807) is 24.3 Å². The van der Waals surface area contributed by atoms with Crippen LogP contribution in [0.1, 0.15) is 24.3 Å². The highest BCUT2D eigenvalue weighted by Crippen LogP contribution is 2.24. The van der Waals surface area contributed by atoms with Crippen LogP contribution in [0.4, 0.5) is 0 Å². The van der Waals surface area contributed by atoms with Gasteiger partial charge < -0.3 is 9.84 Å². The predicted octanol–water partition coefficient (Wildman–Crippen LogP) is 3.52. The number of nitrogens with one attached hydrogen (secondary N) is 1. The van der Waals surface area contributed by atoms with Gasteiger partial charge in [0.2, 0.25) is 27.6 Å². The molecule has 0 unspecified atom stereocenters. The Balaban J connectivity index is 1.30. The largest absolute Gasteiger partial charge is 0.347 e. The molecular formula is C22H23BrN4O4S. The highest BCUT2D eigenvalue weighted by Gasteiger charge is 2.32. The number of sulfonamides is 1. The number of halogens is 1. The summed E-state index contributed by atoms with van der Waals surface area (Å²) in [5.74, 6) is 0.365. The highest BCUT2D eigenvalue weighted by molar-refractivity contribution is 9.10. The maximum atomic E-state index is 12.8. The first kappa shape index (κ1) is 22.6. The normalized spacial score (nSPS) is 15.6. The van der Waals surface area contributed by atoms with E-state index in [4.69, 9.17) is 4.52 Å². The lowest BCUT2D eigenvalue weighted by Gasteiger charge is -2.30. The van der Waals surface area contributed by atoms with Crippen LogP contribution < -0.4 is 5.32 Å². The molecule has 1 aromatic heterocycles. The van der Waals surface area contributed by atoms with Gasteiger partial charge in [0, 0.05) is 29.0 Å². The lowest BCUT2D eigenvalue weighted by molar-refractivity contribution is -0.126. The molecule has 1 N–H and O–H groups in total. The molecule has 0 bridgehead atoms. The molecule has 8 nitrogen and oxygen atoms in total. The van der Waals surface area contributed by atoms with Crippen LogP contribution in [0.15, 0.2) is 62.4 Å². The molecule has 0 spiro atoms. The van der Waals surface area contributed by atoms with Crippen molar-refractivity contribution >= 4 is 31.9 Å². The number of hydrogen-bond acceptors (Lipinski definition) is 6. The molecule has 2 heterocycles. The number of aromatic nitrogens is 2. The third-order valence-electron chi connectivity index (χ3n) is 5.45. The molecule has 1 fully saturated rings. The second-order valence-electron chi connectivity index (χ2n) is 7.73. The Morgan fingerprint density at radius 2 is 1.91 bits per heavy atom. The van der Waals surface area contributed by atoms with E-state index in [2.05, 4.69) is 31.4 Å². The maximum Gasteiger partial charge on any atom is 0.246 e. The number of carbonyl (C=O) groups excluding carboxylic acids is 1. The molecule has 32 heavy (non-hydrogen) atoms. The molecule has 3 aromatic rings. The van der Waals surface area contributed by atoms with E-state index in [0.29, 0.717) is 37.6 Å². The second kappa shape index (κ2) is 9.51. The van der Waals surface area contributed by atoms with Crippen molar-refractivity contribution in [1.29, 1.82) is 0 Å². The molecule has 0 atom stereocenters. The Hall–Kier alpha value is -2.56. The van der Waals surface area contributed by atoms with E-state index in [1.807, 2.05) is 31.2 Å². The van der Waals surface area contributed by atoms with E-state index in [1.165, 1.54) is 4.31 Å². The molecular weight excluding hydrogens is 496 g/mol. The fraction of sp³-hybridized carbons (Fsp3) is 0.318. The van der Waals surface area contributed by atoms with Crippen LogP contribution in [0.2, 0.25) is 0 Å². The summed E-state index contributed by atoms with van der Waals surface area (Å²) < 4.78 is 33.2. The molecule has 168 valence electrons. The Bertz CT molecular complexity index is 1200. The third kappa shape index (κ3) is 5.08. The lowest BCUT2D eigenvalue weighted by Crippen LogP contribution is -2.42. The summed E-state index contributed by atoms with van der Waals surface area (Å²) in [6, 6.07) is 14.3. The number of piperidine rings is 1. The molecule has 0 radical (unpaired) electrons. The molecule has 1 saturated heterocycles. The zero-order valence-electron chi connectivity index (χ0n) is 17.5. The molecule has 2 aromatic carbocycles. The summed E-state index contributed by atoms with van der Waals surface area (Å²) >= 11 is 3.41. The van der Waals surface area contributed by atoms with Gasteiger partial charge in [0.1, 0.15) is 0 Å². The van der Waals surface area contributed by atoms with Gasteiger partial charge in [-0.1, -0.05) is 50.9 Å². The minimum atomic E-state index is -3.54. The summed E-state index contributed by atoms with van der Waals surface area (Å²) in [5.41, 5.74) is 1.81. The smallest absolute Gasteiger partial charge is 0.246 e. The number of nitrogens with zero attached hydrogens (tertiary/aromatic N) is 3. The molecule has 1 amide bonds. The lowest BCUT2D eigenvalue weighted by atomic mass is 9.97. The van der Waals surface area contributed by atoms with Gasteiger partial charge in [0.25, 0.3) is 0 Å². The highest BCUT2D eigenvalue weighted by atomic mass is 79.9. The first-order valence-electron chi connectivity index (χ1n) is 10.3. The Morgan fingerprint density at radius 1 is 1.19 bits per heavy atom. The Kier molecular flexibility index (Phi) is 6.73. The maximum absolute atomic E-state index is 12.8. The summed E-state index contributed by atoms with van der Waals surface area (Å²) in [4.78, 5) is 17.2. The zero-order chi connectivity index (χ0) is 22.7. The third-order valence-corrected chi connectivity index (χ3v) is 7.85. The van der Waals surface area contributed by atoms with Crippen LogP contribution in [0.5, 0.6) is 0 Å². The van der Waals surface area contributed by atoms with Gasteiger partial charge in [-0.05, 0) is 44.0 Å². The van der Waals surface area contributed by atoms with E-state index in [0.717, 1.165) is 15.6 Å². The fourth-order valence-corrected chi connectivity index (χ4v) is 5.47. The summed E-state index contributed by atoms with van der Waals surface area (Å²) in [5, 5.41) is 6.78.